The normalized spacial score (nSPS) is 11.1. The summed E-state index contributed by atoms with van der Waals surface area (Å²) in [5.74, 6) is 0. The molecule has 0 aromatic heterocycles. The molecule has 0 aliphatic carbocycles. The fourth-order valence-electron chi connectivity index (χ4n) is 7.33. The largest absolute Gasteiger partial charge is 0.378 e. The first-order chi connectivity index (χ1) is 26.8. The van der Waals surface area contributed by atoms with Gasteiger partial charge in [0.1, 0.15) is 0 Å². The van der Waals surface area contributed by atoms with Crippen molar-refractivity contribution in [3.8, 4) is 33.4 Å². The van der Waals surface area contributed by atoms with E-state index in [1.807, 2.05) is 54.6 Å². The monoisotopic (exact) mass is 868 g/mol. The van der Waals surface area contributed by atoms with Crippen LogP contribution in [0.4, 0.5) is 5.69 Å². The van der Waals surface area contributed by atoms with Crippen LogP contribution in [-0.2, 0) is 21.1 Å². The number of fused-ring (bicyclic) bond motifs is 4. The number of aliphatic imine (C=N–C) groups is 1. The minimum Gasteiger partial charge on any atom is -0.378 e. The van der Waals surface area contributed by atoms with Gasteiger partial charge in [0.15, 0.2) is 0 Å². The minimum absolute atomic E-state index is 0. The maximum absolute atomic E-state index is 4.47. The van der Waals surface area contributed by atoms with Crippen molar-refractivity contribution in [3.05, 3.63) is 224 Å². The van der Waals surface area contributed by atoms with Gasteiger partial charge in [0.25, 0.3) is 0 Å². The second kappa shape index (κ2) is 16.3. The fraction of sp³-hybridized carbons (Fsp3) is 0. The van der Waals surface area contributed by atoms with E-state index < -0.39 is 0 Å². The predicted octanol–water partition coefficient (Wildman–Crippen LogP) is 14.2. The van der Waals surface area contributed by atoms with E-state index in [1.165, 1.54) is 70.9 Å². The Labute approximate surface area is 336 Å². The standard InChI is InChI=1S/C47H29N.C6H5.W/c1-2-14-41(15-3-1)48-31-32-18-20-35(21-19-32)38-26-27-44-45(30-38)47(40-25-23-34-11-5-7-13-37(34)29-40)43-17-9-8-16-42(43)46(44)39-24-22-33-10-4-6-12-36(33)28-39;1-2-4-6-5-3-1;/h1-14,16-30H;1-5H;/q-2;-1;. The van der Waals surface area contributed by atoms with E-state index in [9.17, 15) is 0 Å². The first kappa shape index (κ1) is 35.6. The molecule has 1 nitrogen and oxygen atoms in total. The molecule has 0 aliphatic heterocycles. The Morgan fingerprint density at radius 2 is 0.873 bits per heavy atom. The molecule has 0 unspecified atom stereocenters. The Kier molecular flexibility index (Phi) is 10.6. The molecular formula is C53H34NW-3. The topological polar surface area (TPSA) is 12.4 Å². The minimum atomic E-state index is 0. The Bertz CT molecular complexity index is 2890. The summed E-state index contributed by atoms with van der Waals surface area (Å²) < 4.78 is 0. The molecule has 0 fully saturated rings. The summed E-state index contributed by atoms with van der Waals surface area (Å²) in [7, 11) is 0. The van der Waals surface area contributed by atoms with Gasteiger partial charge in [-0.25, -0.2) is 6.07 Å². The van der Waals surface area contributed by atoms with Crippen LogP contribution in [0.2, 0.25) is 0 Å². The molecule has 55 heavy (non-hydrogen) atoms. The van der Waals surface area contributed by atoms with Crippen molar-refractivity contribution in [2.24, 2.45) is 4.99 Å². The maximum Gasteiger partial charge on any atom is 0 e. The molecule has 0 radical (unpaired) electrons. The fourth-order valence-corrected chi connectivity index (χ4v) is 7.33. The third-order valence-corrected chi connectivity index (χ3v) is 9.92. The van der Waals surface area contributed by atoms with Gasteiger partial charge in [0, 0.05) is 21.1 Å². The Morgan fingerprint density at radius 1 is 0.364 bits per heavy atom. The van der Waals surface area contributed by atoms with Crippen LogP contribution in [0.15, 0.2) is 211 Å². The van der Waals surface area contributed by atoms with Gasteiger partial charge in [-0.3, -0.25) is 0 Å². The smallest absolute Gasteiger partial charge is 0 e. The first-order valence-electron chi connectivity index (χ1n) is 18.2. The summed E-state index contributed by atoms with van der Waals surface area (Å²) in [5.41, 5.74) is 8.99. The Morgan fingerprint density at radius 3 is 1.44 bits per heavy atom. The second-order valence-corrected chi connectivity index (χ2v) is 13.3. The molecule has 0 saturated heterocycles. The van der Waals surface area contributed by atoms with Crippen LogP contribution in [0.1, 0.15) is 5.56 Å². The van der Waals surface area contributed by atoms with Crippen molar-refractivity contribution in [1.82, 2.24) is 0 Å². The third-order valence-electron chi connectivity index (χ3n) is 9.92. The van der Waals surface area contributed by atoms with Crippen molar-refractivity contribution >= 4 is 55.0 Å². The van der Waals surface area contributed by atoms with Gasteiger partial charge in [-0.2, -0.15) is 60.7 Å². The summed E-state index contributed by atoms with van der Waals surface area (Å²) in [5, 5.41) is 9.96. The summed E-state index contributed by atoms with van der Waals surface area (Å²) in [6, 6.07) is 78.6. The van der Waals surface area contributed by atoms with Crippen LogP contribution in [0.25, 0.3) is 76.5 Å². The molecule has 10 aromatic rings. The Hall–Kier alpha value is -6.40. The van der Waals surface area contributed by atoms with Gasteiger partial charge in [-0.15, -0.1) is 23.4 Å². The van der Waals surface area contributed by atoms with E-state index in [0.29, 0.717) is 0 Å². The van der Waals surface area contributed by atoms with Crippen molar-refractivity contribution in [2.75, 3.05) is 0 Å². The first-order valence-corrected chi connectivity index (χ1v) is 18.2. The number of benzene rings is 10. The van der Waals surface area contributed by atoms with Crippen LogP contribution in [0.3, 0.4) is 0 Å². The van der Waals surface area contributed by atoms with E-state index in [2.05, 4.69) is 175 Å². The Balaban J connectivity index is 0.000000560. The molecule has 0 N–H and O–H groups in total. The number of para-hydroxylation sites is 1. The molecule has 0 heterocycles. The molecule has 10 aromatic carbocycles. The van der Waals surface area contributed by atoms with Crippen LogP contribution in [0.5, 0.6) is 0 Å². The second-order valence-electron chi connectivity index (χ2n) is 13.3. The summed E-state index contributed by atoms with van der Waals surface area (Å²) in [4.78, 5) is 4.47. The molecule has 260 valence electrons. The van der Waals surface area contributed by atoms with Crippen LogP contribution in [0, 0.1) is 12.1 Å². The maximum atomic E-state index is 4.47. The van der Waals surface area contributed by atoms with E-state index >= 15 is 0 Å². The predicted molar refractivity (Wildman–Crippen MR) is 230 cm³/mol. The number of hydrogen-bond acceptors (Lipinski definition) is 1. The van der Waals surface area contributed by atoms with Crippen molar-refractivity contribution < 1.29 is 21.1 Å². The molecule has 0 amide bonds. The van der Waals surface area contributed by atoms with Gasteiger partial charge in [-0.1, -0.05) is 121 Å². The molecule has 0 bridgehead atoms. The molecule has 10 rings (SSSR count). The summed E-state index contributed by atoms with van der Waals surface area (Å²) in [6.07, 6.45) is 3.17. The molecular weight excluding hydrogens is 834 g/mol. The third kappa shape index (κ3) is 7.54. The molecule has 0 saturated carbocycles. The number of rotatable bonds is 5. The van der Waals surface area contributed by atoms with Crippen LogP contribution < -0.4 is 0 Å². The quantitative estimate of drug-likeness (QED) is 0.0928. The van der Waals surface area contributed by atoms with E-state index in [4.69, 9.17) is 0 Å². The van der Waals surface area contributed by atoms with Crippen molar-refractivity contribution in [3.63, 3.8) is 0 Å². The van der Waals surface area contributed by atoms with Gasteiger partial charge in [0.05, 0.1) is 0 Å². The zero-order valence-corrected chi connectivity index (χ0v) is 32.9. The van der Waals surface area contributed by atoms with Gasteiger partial charge < -0.3 is 4.99 Å². The van der Waals surface area contributed by atoms with Crippen molar-refractivity contribution in [1.29, 1.82) is 0 Å². The van der Waals surface area contributed by atoms with Gasteiger partial charge in [0.2, 0.25) is 0 Å². The summed E-state index contributed by atoms with van der Waals surface area (Å²) in [6.45, 7) is 0. The molecule has 0 aliphatic rings. The van der Waals surface area contributed by atoms with Crippen molar-refractivity contribution in [2.45, 2.75) is 0 Å². The number of hydrogen-bond donors (Lipinski definition) is 0. The zero-order chi connectivity index (χ0) is 36.1. The van der Waals surface area contributed by atoms with E-state index in [-0.39, 0.29) is 21.1 Å². The van der Waals surface area contributed by atoms with E-state index in [0.717, 1.165) is 16.8 Å². The van der Waals surface area contributed by atoms with Crippen LogP contribution in [-0.4, -0.2) is 6.21 Å². The average molecular weight is 869 g/mol. The van der Waals surface area contributed by atoms with Crippen LogP contribution >= 0.6 is 0 Å². The molecule has 2 heteroatoms. The SMILES string of the molecule is [C-](=Nc1[c-]cccc1)c1ccc(-c2ccc3c(-c4ccc5ccccc5c4)c4ccccc4c(-c4ccc5ccccc5c4)c3c2)cc1.[W].[c-]1ccccc1. The number of nitrogens with zero attached hydrogens (tertiary/aromatic N) is 1. The molecule has 0 atom stereocenters. The zero-order valence-electron chi connectivity index (χ0n) is 30.0. The molecule has 0 spiro atoms. The van der Waals surface area contributed by atoms with Gasteiger partial charge in [-0.05, 0) is 101 Å². The van der Waals surface area contributed by atoms with Gasteiger partial charge >= 0.3 is 0 Å². The summed E-state index contributed by atoms with van der Waals surface area (Å²) >= 11 is 0. The van der Waals surface area contributed by atoms with E-state index in [1.54, 1.807) is 0 Å². The average Bonchev–Trinajstić information content (AvgIpc) is 3.25.